The Balaban J connectivity index is 2.08. The topological polar surface area (TPSA) is 65.2 Å². The van der Waals surface area contributed by atoms with Crippen LogP contribution in [-0.2, 0) is 0 Å². The molecule has 0 aromatic heterocycles. The lowest BCUT2D eigenvalue weighted by Gasteiger charge is -2.31. The first-order valence-corrected chi connectivity index (χ1v) is 10.2. The second-order valence-electron chi connectivity index (χ2n) is 5.59. The molecule has 11 heteroatoms. The summed E-state index contributed by atoms with van der Waals surface area (Å²) >= 11 is 35.9. The molecule has 2 rings (SSSR count). The molecule has 2 aromatic carbocycles. The Kier molecular flexibility index (Phi) is 8.49. The maximum absolute atomic E-state index is 12.5. The second-order valence-corrected chi connectivity index (χ2v) is 10.3. The predicted molar refractivity (Wildman–Crippen MR) is 120 cm³/mol. The lowest BCUT2D eigenvalue weighted by molar-refractivity contribution is 0.235. The molecule has 5 nitrogen and oxygen atoms in total. The van der Waals surface area contributed by atoms with Crippen molar-refractivity contribution in [3.8, 4) is 0 Å². The van der Waals surface area contributed by atoms with Crippen LogP contribution >= 0.6 is 69.6 Å². The van der Waals surface area contributed by atoms with E-state index in [4.69, 9.17) is 69.6 Å². The summed E-state index contributed by atoms with van der Waals surface area (Å²) in [4.78, 5) is 12.5. The Labute approximate surface area is 192 Å². The number of anilines is 2. The Hall–Kier alpha value is -0.950. The predicted octanol–water partition coefficient (Wildman–Crippen LogP) is 5.90. The zero-order chi connectivity index (χ0) is 20.8. The molecule has 0 heterocycles. The van der Waals surface area contributed by atoms with Gasteiger partial charge in [0, 0.05) is 11.4 Å². The van der Waals surface area contributed by atoms with Gasteiger partial charge in [-0.3, -0.25) is 0 Å². The first-order chi connectivity index (χ1) is 13.1. The van der Waals surface area contributed by atoms with Gasteiger partial charge >= 0.3 is 6.03 Å². The van der Waals surface area contributed by atoms with Gasteiger partial charge in [-0.25, -0.2) is 4.79 Å². The van der Waals surface area contributed by atoms with Crippen molar-refractivity contribution in [1.29, 1.82) is 0 Å². The van der Waals surface area contributed by atoms with Gasteiger partial charge in [0.1, 0.15) is 12.3 Å². The Morgan fingerprint density at radius 2 is 0.964 bits per heavy atom. The minimum Gasteiger partial charge on any atom is -0.362 e. The summed E-state index contributed by atoms with van der Waals surface area (Å²) in [6.07, 6.45) is -2.12. The number of nitrogens with one attached hydrogen (secondary N) is 4. The monoisotopic (exact) mass is 502 g/mol. The first-order valence-electron chi connectivity index (χ1n) is 7.89. The fourth-order valence-electron chi connectivity index (χ4n) is 2.11. The molecule has 0 saturated heterocycles. The third-order valence-electron chi connectivity index (χ3n) is 3.38. The van der Waals surface area contributed by atoms with E-state index in [1.165, 1.54) is 0 Å². The second kappa shape index (κ2) is 10.2. The van der Waals surface area contributed by atoms with E-state index in [2.05, 4.69) is 21.3 Å². The fourth-order valence-corrected chi connectivity index (χ4v) is 2.76. The first kappa shape index (κ1) is 23.3. The highest BCUT2D eigenvalue weighted by molar-refractivity contribution is 6.68. The maximum atomic E-state index is 12.5. The average Bonchev–Trinajstić information content (AvgIpc) is 2.61. The number of urea groups is 1. The number of amides is 2. The number of para-hydroxylation sites is 2. The van der Waals surface area contributed by atoms with E-state index in [-0.39, 0.29) is 0 Å². The molecule has 0 aliphatic heterocycles. The third kappa shape index (κ3) is 7.82. The molecular formula is C17H16Cl6N4O. The molecule has 4 N–H and O–H groups in total. The molecule has 0 unspecified atom stereocenters. The molecule has 28 heavy (non-hydrogen) atoms. The molecular weight excluding hydrogens is 489 g/mol. The van der Waals surface area contributed by atoms with Crippen molar-refractivity contribution in [1.82, 2.24) is 10.6 Å². The van der Waals surface area contributed by atoms with Crippen LogP contribution in [-0.4, -0.2) is 25.9 Å². The third-order valence-corrected chi connectivity index (χ3v) is 4.68. The number of hydrogen-bond acceptors (Lipinski definition) is 3. The molecule has 2 aromatic rings. The van der Waals surface area contributed by atoms with Gasteiger partial charge in [-0.2, -0.15) is 0 Å². The summed E-state index contributed by atoms with van der Waals surface area (Å²) in [5.74, 6) is 0. The van der Waals surface area contributed by atoms with Crippen molar-refractivity contribution in [2.45, 2.75) is 19.9 Å². The molecule has 0 bridgehead atoms. The summed E-state index contributed by atoms with van der Waals surface area (Å²) in [6, 6.07) is 17.1. The Morgan fingerprint density at radius 1 is 0.643 bits per heavy atom. The summed E-state index contributed by atoms with van der Waals surface area (Å²) in [5, 5.41) is 10.9. The zero-order valence-electron chi connectivity index (χ0n) is 14.1. The highest BCUT2D eigenvalue weighted by Crippen LogP contribution is 2.32. The summed E-state index contributed by atoms with van der Waals surface area (Å²) in [7, 11) is 0. The minimum absolute atomic E-state index is 0.638. The lowest BCUT2D eigenvalue weighted by Crippen LogP contribution is -2.57. The largest absolute Gasteiger partial charge is 0.362 e. The van der Waals surface area contributed by atoms with Gasteiger partial charge in [0.2, 0.25) is 7.59 Å². The van der Waals surface area contributed by atoms with Crippen molar-refractivity contribution in [3.05, 3.63) is 60.7 Å². The van der Waals surface area contributed by atoms with E-state index in [0.717, 1.165) is 0 Å². The SMILES string of the molecule is O=C(N[C@H](Nc1ccccc1)C(Cl)(Cl)Cl)N[C@@H](Nc1ccccc1)C(Cl)(Cl)Cl. The van der Waals surface area contributed by atoms with Crippen LogP contribution in [0.4, 0.5) is 16.2 Å². The van der Waals surface area contributed by atoms with Crippen molar-refractivity contribution in [2.75, 3.05) is 10.6 Å². The molecule has 0 saturated carbocycles. The van der Waals surface area contributed by atoms with Crippen LogP contribution in [0.25, 0.3) is 0 Å². The molecule has 0 fully saturated rings. The van der Waals surface area contributed by atoms with E-state index < -0.39 is 25.9 Å². The van der Waals surface area contributed by atoms with Gasteiger partial charge in [0.25, 0.3) is 0 Å². The van der Waals surface area contributed by atoms with E-state index in [0.29, 0.717) is 11.4 Å². The van der Waals surface area contributed by atoms with Crippen LogP contribution in [0.3, 0.4) is 0 Å². The highest BCUT2D eigenvalue weighted by Gasteiger charge is 2.37. The van der Waals surface area contributed by atoms with Gasteiger partial charge in [0.05, 0.1) is 0 Å². The van der Waals surface area contributed by atoms with Crippen LogP contribution in [0.2, 0.25) is 0 Å². The molecule has 0 spiro atoms. The van der Waals surface area contributed by atoms with Crippen molar-refractivity contribution >= 4 is 87.0 Å². The van der Waals surface area contributed by atoms with Crippen LogP contribution in [0.5, 0.6) is 0 Å². The van der Waals surface area contributed by atoms with Gasteiger partial charge in [-0.15, -0.1) is 0 Å². The van der Waals surface area contributed by atoms with Crippen LogP contribution in [0.1, 0.15) is 0 Å². The number of carbonyl (C=O) groups excluding carboxylic acids is 1. The summed E-state index contributed by atoms with van der Waals surface area (Å²) in [5.41, 5.74) is 1.28. The minimum atomic E-state index is -1.85. The number of halogens is 6. The van der Waals surface area contributed by atoms with Gasteiger partial charge < -0.3 is 21.3 Å². The zero-order valence-corrected chi connectivity index (χ0v) is 18.6. The fraction of sp³-hybridized carbons (Fsp3) is 0.235. The van der Waals surface area contributed by atoms with E-state index in [9.17, 15) is 4.79 Å². The molecule has 2 atom stereocenters. The number of benzene rings is 2. The van der Waals surface area contributed by atoms with Crippen molar-refractivity contribution in [2.24, 2.45) is 0 Å². The molecule has 0 radical (unpaired) electrons. The molecule has 0 aliphatic rings. The Morgan fingerprint density at radius 3 is 1.25 bits per heavy atom. The van der Waals surface area contributed by atoms with Crippen LogP contribution in [0.15, 0.2) is 60.7 Å². The lowest BCUT2D eigenvalue weighted by atomic mass is 10.3. The molecule has 0 aliphatic carbocycles. The quantitative estimate of drug-likeness (QED) is 0.292. The number of carbonyl (C=O) groups is 1. The normalized spacial score (nSPS) is 13.9. The van der Waals surface area contributed by atoms with E-state index in [1.807, 2.05) is 12.1 Å². The molecule has 152 valence electrons. The maximum Gasteiger partial charge on any atom is 0.318 e. The van der Waals surface area contributed by atoms with Crippen molar-refractivity contribution < 1.29 is 4.79 Å². The standard InChI is InChI=1S/C17H16Cl6N4O/c18-16(19,20)13(24-11-7-3-1-4-8-11)26-15(28)27-14(17(21,22)23)25-12-9-5-2-6-10-12/h1-10,13-14,24-25H,(H2,26,27,28)/t13-,14+. The number of alkyl halides is 6. The van der Waals surface area contributed by atoms with Crippen molar-refractivity contribution in [3.63, 3.8) is 0 Å². The average molecular weight is 505 g/mol. The highest BCUT2D eigenvalue weighted by atomic mass is 35.6. The summed E-state index contributed by atoms with van der Waals surface area (Å²) in [6.45, 7) is 0. The molecule has 2 amide bonds. The Bertz CT molecular complexity index is 688. The number of rotatable bonds is 6. The van der Waals surface area contributed by atoms with Crippen LogP contribution < -0.4 is 21.3 Å². The summed E-state index contributed by atoms with van der Waals surface area (Å²) < 4.78 is -3.70. The van der Waals surface area contributed by atoms with Gasteiger partial charge in [-0.05, 0) is 24.3 Å². The van der Waals surface area contributed by atoms with Crippen LogP contribution in [0, 0.1) is 0 Å². The van der Waals surface area contributed by atoms with E-state index >= 15 is 0 Å². The van der Waals surface area contributed by atoms with E-state index in [1.54, 1.807) is 48.5 Å². The number of hydrogen-bond donors (Lipinski definition) is 4. The van der Waals surface area contributed by atoms with Gasteiger partial charge in [0.15, 0.2) is 0 Å². The smallest absolute Gasteiger partial charge is 0.318 e. The van der Waals surface area contributed by atoms with Gasteiger partial charge in [-0.1, -0.05) is 106 Å².